The van der Waals surface area contributed by atoms with Crippen molar-refractivity contribution in [3.05, 3.63) is 90.1 Å². The summed E-state index contributed by atoms with van der Waals surface area (Å²) in [6.07, 6.45) is 4.37. The van der Waals surface area contributed by atoms with E-state index in [1.54, 1.807) is 48.8 Å². The van der Waals surface area contributed by atoms with Crippen molar-refractivity contribution < 1.29 is 17.6 Å². The summed E-state index contributed by atoms with van der Waals surface area (Å²) in [6.45, 7) is 0.218. The van der Waals surface area contributed by atoms with Crippen LogP contribution in [-0.2, 0) is 16.4 Å². The van der Waals surface area contributed by atoms with Gasteiger partial charge in [-0.15, -0.1) is 0 Å². The summed E-state index contributed by atoms with van der Waals surface area (Å²) in [7, 11) is -3.27. The van der Waals surface area contributed by atoms with Gasteiger partial charge in [-0.05, 0) is 47.5 Å². The average molecular weight is 435 g/mol. The lowest BCUT2D eigenvalue weighted by atomic mass is 10.0. The number of benzene rings is 2. The maximum atomic E-state index is 13.7. The number of amides is 1. The lowest BCUT2D eigenvalue weighted by Gasteiger charge is -2.09. The minimum absolute atomic E-state index is 0.212. The summed E-state index contributed by atoms with van der Waals surface area (Å²) < 4.78 is 36.8. The smallest absolute Gasteiger partial charge is 0.270 e. The molecule has 31 heavy (non-hydrogen) atoms. The summed E-state index contributed by atoms with van der Waals surface area (Å²) in [5, 5.41) is 3.51. The molecule has 0 spiro atoms. The van der Waals surface area contributed by atoms with Gasteiger partial charge in [-0.2, -0.15) is 0 Å². The van der Waals surface area contributed by atoms with E-state index in [0.29, 0.717) is 16.6 Å². The van der Waals surface area contributed by atoms with Crippen molar-refractivity contribution in [2.45, 2.75) is 11.4 Å². The van der Waals surface area contributed by atoms with Gasteiger partial charge in [-0.1, -0.05) is 24.3 Å². The number of hydrogen-bond acceptors (Lipinski definition) is 5. The molecule has 1 N–H and O–H groups in total. The largest absolute Gasteiger partial charge is 0.347 e. The van der Waals surface area contributed by atoms with Crippen LogP contribution >= 0.6 is 0 Å². The van der Waals surface area contributed by atoms with Crippen LogP contribution in [0, 0.1) is 5.82 Å². The maximum absolute atomic E-state index is 13.7. The number of carbonyl (C=O) groups is 1. The van der Waals surface area contributed by atoms with E-state index in [0.717, 1.165) is 17.2 Å². The number of pyridine rings is 2. The highest BCUT2D eigenvalue weighted by Crippen LogP contribution is 2.27. The van der Waals surface area contributed by atoms with Gasteiger partial charge in [0.25, 0.3) is 5.91 Å². The fourth-order valence-corrected chi connectivity index (χ4v) is 3.79. The zero-order valence-electron chi connectivity index (χ0n) is 16.5. The van der Waals surface area contributed by atoms with Crippen molar-refractivity contribution in [3.63, 3.8) is 0 Å². The molecular formula is C23H18FN3O3S. The van der Waals surface area contributed by atoms with E-state index in [-0.39, 0.29) is 28.9 Å². The second-order valence-corrected chi connectivity index (χ2v) is 9.08. The molecule has 6 nitrogen and oxygen atoms in total. The van der Waals surface area contributed by atoms with E-state index in [2.05, 4.69) is 15.3 Å². The predicted molar refractivity (Wildman–Crippen MR) is 116 cm³/mol. The average Bonchev–Trinajstić information content (AvgIpc) is 2.76. The Labute approximate surface area is 178 Å². The van der Waals surface area contributed by atoms with E-state index < -0.39 is 9.84 Å². The molecule has 0 aliphatic carbocycles. The zero-order valence-corrected chi connectivity index (χ0v) is 17.4. The molecule has 4 rings (SSSR count). The molecule has 0 fully saturated rings. The number of hydrogen-bond donors (Lipinski definition) is 1. The third kappa shape index (κ3) is 4.59. The number of halogens is 1. The molecular weight excluding hydrogens is 417 g/mol. The summed E-state index contributed by atoms with van der Waals surface area (Å²) in [5.41, 5.74) is 2.76. The topological polar surface area (TPSA) is 89.0 Å². The monoisotopic (exact) mass is 435 g/mol. The van der Waals surface area contributed by atoms with Gasteiger partial charge >= 0.3 is 0 Å². The van der Waals surface area contributed by atoms with E-state index >= 15 is 0 Å². The molecule has 156 valence electrons. The lowest BCUT2D eigenvalue weighted by molar-refractivity contribution is 0.0946. The molecule has 0 radical (unpaired) electrons. The second kappa shape index (κ2) is 8.23. The van der Waals surface area contributed by atoms with E-state index in [1.807, 2.05) is 0 Å². The Morgan fingerprint density at radius 3 is 2.52 bits per heavy atom. The van der Waals surface area contributed by atoms with Gasteiger partial charge < -0.3 is 5.32 Å². The molecule has 0 aliphatic rings. The number of nitrogens with zero attached hydrogens (tertiary/aromatic N) is 2. The number of nitrogens with one attached hydrogen (secondary N) is 1. The fourth-order valence-electron chi connectivity index (χ4n) is 3.16. The van der Waals surface area contributed by atoms with Gasteiger partial charge in [0.05, 0.1) is 10.4 Å². The molecule has 4 aromatic rings. The molecule has 0 saturated carbocycles. The van der Waals surface area contributed by atoms with Gasteiger partial charge in [0.1, 0.15) is 11.5 Å². The quantitative estimate of drug-likeness (QED) is 0.516. The van der Waals surface area contributed by atoms with Crippen molar-refractivity contribution in [1.82, 2.24) is 15.3 Å². The first-order valence-corrected chi connectivity index (χ1v) is 11.3. The van der Waals surface area contributed by atoms with Crippen molar-refractivity contribution in [2.24, 2.45) is 0 Å². The Morgan fingerprint density at radius 1 is 1.03 bits per heavy atom. The number of sulfone groups is 1. The third-order valence-electron chi connectivity index (χ3n) is 4.77. The van der Waals surface area contributed by atoms with Gasteiger partial charge in [-0.3, -0.25) is 9.78 Å². The lowest BCUT2D eigenvalue weighted by Crippen LogP contribution is -2.23. The van der Waals surface area contributed by atoms with Crippen molar-refractivity contribution >= 4 is 26.6 Å². The molecule has 0 bridgehead atoms. The Morgan fingerprint density at radius 2 is 1.81 bits per heavy atom. The van der Waals surface area contributed by atoms with E-state index in [9.17, 15) is 17.6 Å². The Bertz CT molecular complexity index is 1390. The summed E-state index contributed by atoms with van der Waals surface area (Å²) in [6, 6.07) is 15.8. The van der Waals surface area contributed by atoms with Crippen LogP contribution in [0.5, 0.6) is 0 Å². The number of carbonyl (C=O) groups excluding carboxylic acids is 1. The molecule has 0 unspecified atom stereocenters. The third-order valence-corrected chi connectivity index (χ3v) is 5.90. The minimum atomic E-state index is -3.27. The number of fused-ring (bicyclic) bond motifs is 1. The highest BCUT2D eigenvalue weighted by molar-refractivity contribution is 7.90. The number of aromatic nitrogens is 2. The van der Waals surface area contributed by atoms with Crippen LogP contribution in [-0.4, -0.2) is 30.5 Å². The second-order valence-electron chi connectivity index (χ2n) is 7.06. The molecule has 8 heteroatoms. The predicted octanol–water partition coefficient (Wildman–Crippen LogP) is 3.77. The summed E-state index contributed by atoms with van der Waals surface area (Å²) >= 11 is 0. The molecule has 2 aromatic heterocycles. The summed E-state index contributed by atoms with van der Waals surface area (Å²) in [5.74, 6) is -0.749. The Kier molecular flexibility index (Phi) is 5.48. The van der Waals surface area contributed by atoms with Crippen LogP contribution in [0.1, 0.15) is 16.1 Å². The van der Waals surface area contributed by atoms with Gasteiger partial charge in [-0.25, -0.2) is 17.8 Å². The van der Waals surface area contributed by atoms with E-state index in [4.69, 9.17) is 0 Å². The molecule has 0 aliphatic heterocycles. The molecule has 1 amide bonds. The Hall–Kier alpha value is -3.65. The SMILES string of the molecule is CS(=O)(=O)c1ccc(CNC(=O)c2ccc3cncc(-c4cccc(F)c4)c3n2)cc1. The van der Waals surface area contributed by atoms with Crippen LogP contribution in [0.4, 0.5) is 4.39 Å². The molecule has 0 atom stereocenters. The highest BCUT2D eigenvalue weighted by atomic mass is 32.2. The minimum Gasteiger partial charge on any atom is -0.347 e. The van der Waals surface area contributed by atoms with Crippen LogP contribution in [0.15, 0.2) is 78.0 Å². The first kappa shape index (κ1) is 20.6. The highest BCUT2D eigenvalue weighted by Gasteiger charge is 2.12. The van der Waals surface area contributed by atoms with E-state index in [1.165, 1.54) is 24.3 Å². The Balaban J connectivity index is 1.58. The summed E-state index contributed by atoms with van der Waals surface area (Å²) in [4.78, 5) is 21.5. The van der Waals surface area contributed by atoms with Gasteiger partial charge in [0.15, 0.2) is 9.84 Å². The van der Waals surface area contributed by atoms with Crippen LogP contribution < -0.4 is 5.32 Å². The normalized spacial score (nSPS) is 11.4. The molecule has 2 aromatic carbocycles. The molecule has 2 heterocycles. The molecule has 0 saturated heterocycles. The van der Waals surface area contributed by atoms with Crippen molar-refractivity contribution in [3.8, 4) is 11.1 Å². The fraction of sp³-hybridized carbons (Fsp3) is 0.0870. The van der Waals surface area contributed by atoms with Crippen LogP contribution in [0.25, 0.3) is 22.0 Å². The zero-order chi connectivity index (χ0) is 22.0. The van der Waals surface area contributed by atoms with Crippen LogP contribution in [0.3, 0.4) is 0 Å². The maximum Gasteiger partial charge on any atom is 0.270 e. The van der Waals surface area contributed by atoms with Gasteiger partial charge in [0, 0.05) is 36.1 Å². The van der Waals surface area contributed by atoms with Crippen molar-refractivity contribution in [1.29, 1.82) is 0 Å². The van der Waals surface area contributed by atoms with Crippen molar-refractivity contribution in [2.75, 3.05) is 6.26 Å². The first-order valence-electron chi connectivity index (χ1n) is 9.39. The van der Waals surface area contributed by atoms with Gasteiger partial charge in [0.2, 0.25) is 0 Å². The standard InChI is InChI=1S/C23H18FN3O3S/c1-31(29,30)19-8-5-15(6-9-19)12-26-23(28)21-10-7-17-13-25-14-20(22(17)27-21)16-3-2-4-18(24)11-16/h2-11,13-14H,12H2,1H3,(H,26,28). The first-order chi connectivity index (χ1) is 14.8. The number of rotatable bonds is 5. The van der Waals surface area contributed by atoms with Crippen LogP contribution in [0.2, 0.25) is 0 Å².